The van der Waals surface area contributed by atoms with Gasteiger partial charge in [-0.15, -0.1) is 18.3 Å². The van der Waals surface area contributed by atoms with Crippen molar-refractivity contribution in [1.82, 2.24) is 0 Å². The number of ether oxygens (including phenoxy) is 1. The standard InChI is InChI=1S/C19H24N4OS/c1-3-19(7-8-19)23-16-6-4-5-15(13-16)22-18-17(25-12-11-24-2)14-20-9-10-21-18/h3-6,10,13-14,22-23H,1,7-9,11-12H2,2H3. The number of rotatable bonds is 9. The number of methoxy groups -OCH3 is 1. The summed E-state index contributed by atoms with van der Waals surface area (Å²) in [4.78, 5) is 9.90. The van der Waals surface area contributed by atoms with Crippen molar-refractivity contribution in [2.75, 3.05) is 36.6 Å². The maximum Gasteiger partial charge on any atom is 0.145 e. The number of benzene rings is 1. The van der Waals surface area contributed by atoms with Crippen molar-refractivity contribution in [3.05, 3.63) is 47.6 Å². The van der Waals surface area contributed by atoms with Gasteiger partial charge in [-0.3, -0.25) is 4.99 Å². The fourth-order valence-corrected chi connectivity index (χ4v) is 3.35. The minimum atomic E-state index is 0.0756. The minimum Gasteiger partial charge on any atom is -0.384 e. The maximum absolute atomic E-state index is 5.13. The number of allylic oxidation sites excluding steroid dienone is 1. The van der Waals surface area contributed by atoms with Crippen LogP contribution in [0.25, 0.3) is 0 Å². The number of nitrogens with one attached hydrogen (secondary N) is 2. The normalized spacial score (nSPS) is 18.0. The van der Waals surface area contributed by atoms with Crippen LogP contribution in [0.1, 0.15) is 12.8 Å². The zero-order chi connectivity index (χ0) is 17.5. The van der Waals surface area contributed by atoms with Gasteiger partial charge >= 0.3 is 0 Å². The van der Waals surface area contributed by atoms with Crippen LogP contribution < -0.4 is 10.6 Å². The second-order valence-corrected chi connectivity index (χ2v) is 7.19. The van der Waals surface area contributed by atoms with Crippen molar-refractivity contribution >= 4 is 35.6 Å². The van der Waals surface area contributed by atoms with Crippen molar-refractivity contribution in [3.8, 4) is 0 Å². The third kappa shape index (κ3) is 4.96. The predicted molar refractivity (Wildman–Crippen MR) is 109 cm³/mol. The maximum atomic E-state index is 5.13. The van der Waals surface area contributed by atoms with E-state index in [1.165, 1.54) is 0 Å². The number of hydrogen-bond donors (Lipinski definition) is 2. The fourth-order valence-electron chi connectivity index (χ4n) is 2.49. The summed E-state index contributed by atoms with van der Waals surface area (Å²) in [6, 6.07) is 8.26. The summed E-state index contributed by atoms with van der Waals surface area (Å²) in [6.45, 7) is 5.23. The van der Waals surface area contributed by atoms with Crippen molar-refractivity contribution in [2.24, 2.45) is 9.98 Å². The molecule has 132 valence electrons. The van der Waals surface area contributed by atoms with E-state index in [1.807, 2.05) is 30.6 Å². The van der Waals surface area contributed by atoms with Crippen LogP contribution in [0.15, 0.2) is 57.6 Å². The SMILES string of the molecule is C=CC1(Nc2cccc(NC3=C(SCCOC)C=NCC=N3)c2)CC1. The van der Waals surface area contributed by atoms with E-state index in [0.717, 1.165) is 40.7 Å². The van der Waals surface area contributed by atoms with Gasteiger partial charge in [0.25, 0.3) is 0 Å². The molecule has 3 rings (SSSR count). The highest BCUT2D eigenvalue weighted by atomic mass is 32.2. The van der Waals surface area contributed by atoms with Crippen LogP contribution in [-0.4, -0.2) is 44.0 Å². The molecule has 1 aliphatic heterocycles. The largest absolute Gasteiger partial charge is 0.384 e. The van der Waals surface area contributed by atoms with Crippen molar-refractivity contribution in [3.63, 3.8) is 0 Å². The summed E-state index contributed by atoms with van der Waals surface area (Å²) in [5, 5.41) is 6.99. The Morgan fingerprint density at radius 1 is 1.36 bits per heavy atom. The molecule has 1 aromatic carbocycles. The summed E-state index contributed by atoms with van der Waals surface area (Å²) in [6.07, 6.45) is 7.99. The van der Waals surface area contributed by atoms with Crippen LogP contribution in [0.3, 0.4) is 0 Å². The summed E-state index contributed by atoms with van der Waals surface area (Å²) < 4.78 is 5.13. The highest BCUT2D eigenvalue weighted by Crippen LogP contribution is 2.40. The molecular formula is C19H24N4OS. The molecule has 0 bridgehead atoms. The Kier molecular flexibility index (Phi) is 5.94. The van der Waals surface area contributed by atoms with E-state index in [-0.39, 0.29) is 5.54 Å². The Morgan fingerprint density at radius 3 is 2.96 bits per heavy atom. The number of anilines is 2. The Bertz CT molecular complexity index is 707. The Hall–Kier alpha value is -2.05. The van der Waals surface area contributed by atoms with Crippen LogP contribution in [0.4, 0.5) is 11.4 Å². The van der Waals surface area contributed by atoms with Gasteiger partial charge in [-0.05, 0) is 31.0 Å². The monoisotopic (exact) mass is 356 g/mol. The molecule has 1 aliphatic carbocycles. The van der Waals surface area contributed by atoms with Crippen molar-refractivity contribution < 1.29 is 4.74 Å². The van der Waals surface area contributed by atoms with Crippen LogP contribution in [0, 0.1) is 0 Å². The zero-order valence-corrected chi connectivity index (χ0v) is 15.3. The molecule has 5 nitrogen and oxygen atoms in total. The second kappa shape index (κ2) is 8.36. The average Bonchev–Trinajstić information content (AvgIpc) is 3.41. The molecule has 6 heteroatoms. The Balaban J connectivity index is 1.74. The minimum absolute atomic E-state index is 0.0756. The van der Waals surface area contributed by atoms with Crippen LogP contribution in [-0.2, 0) is 4.74 Å². The lowest BCUT2D eigenvalue weighted by Gasteiger charge is -2.16. The van der Waals surface area contributed by atoms with Crippen LogP contribution in [0.5, 0.6) is 0 Å². The molecule has 1 saturated carbocycles. The quantitative estimate of drug-likeness (QED) is 0.520. The highest BCUT2D eigenvalue weighted by Gasteiger charge is 2.39. The van der Waals surface area contributed by atoms with Gasteiger partial charge in [0.1, 0.15) is 5.82 Å². The Morgan fingerprint density at radius 2 is 2.20 bits per heavy atom. The molecule has 25 heavy (non-hydrogen) atoms. The topological polar surface area (TPSA) is 58.0 Å². The third-order valence-electron chi connectivity index (χ3n) is 4.09. The number of thioether (sulfide) groups is 1. The number of nitrogens with zero attached hydrogens (tertiary/aromatic N) is 2. The van der Waals surface area contributed by atoms with E-state index < -0.39 is 0 Å². The van der Waals surface area contributed by atoms with Gasteiger partial charge < -0.3 is 15.4 Å². The average molecular weight is 356 g/mol. The van der Waals surface area contributed by atoms with Crippen LogP contribution in [0.2, 0.25) is 0 Å². The molecule has 0 radical (unpaired) electrons. The van der Waals surface area contributed by atoms with Gasteiger partial charge in [0.15, 0.2) is 0 Å². The van der Waals surface area contributed by atoms with E-state index in [4.69, 9.17) is 4.74 Å². The van der Waals surface area contributed by atoms with Gasteiger partial charge in [-0.2, -0.15) is 0 Å². The first-order valence-electron chi connectivity index (χ1n) is 8.42. The molecule has 0 atom stereocenters. The van der Waals surface area contributed by atoms with Crippen LogP contribution >= 0.6 is 11.8 Å². The van der Waals surface area contributed by atoms with E-state index in [1.54, 1.807) is 18.9 Å². The molecule has 1 fully saturated rings. The van der Waals surface area contributed by atoms with Gasteiger partial charge in [-0.25, -0.2) is 4.99 Å². The summed E-state index contributed by atoms with van der Waals surface area (Å²) >= 11 is 1.69. The summed E-state index contributed by atoms with van der Waals surface area (Å²) in [5.74, 6) is 1.69. The molecule has 0 aromatic heterocycles. The third-order valence-corrected chi connectivity index (χ3v) is 5.07. The predicted octanol–water partition coefficient (Wildman–Crippen LogP) is 3.93. The highest BCUT2D eigenvalue weighted by molar-refractivity contribution is 8.03. The first-order valence-corrected chi connectivity index (χ1v) is 9.40. The Labute approximate surface area is 153 Å². The molecule has 0 spiro atoms. The molecule has 1 heterocycles. The molecule has 0 amide bonds. The lowest BCUT2D eigenvalue weighted by atomic mass is 10.2. The van der Waals surface area contributed by atoms with Gasteiger partial charge in [0.05, 0.1) is 23.6 Å². The first-order chi connectivity index (χ1) is 12.2. The molecule has 2 N–H and O–H groups in total. The molecule has 0 unspecified atom stereocenters. The smallest absolute Gasteiger partial charge is 0.145 e. The lowest BCUT2D eigenvalue weighted by Crippen LogP contribution is -2.17. The second-order valence-electron chi connectivity index (χ2n) is 6.05. The number of aliphatic imine (C=N–C) groups is 2. The van der Waals surface area contributed by atoms with E-state index in [9.17, 15) is 0 Å². The molecule has 1 aromatic rings. The van der Waals surface area contributed by atoms with Gasteiger partial charge in [-0.1, -0.05) is 12.1 Å². The van der Waals surface area contributed by atoms with E-state index in [0.29, 0.717) is 13.2 Å². The van der Waals surface area contributed by atoms with Gasteiger partial charge in [0, 0.05) is 36.7 Å². The zero-order valence-electron chi connectivity index (χ0n) is 14.5. The van der Waals surface area contributed by atoms with Gasteiger partial charge in [0.2, 0.25) is 0 Å². The van der Waals surface area contributed by atoms with E-state index in [2.05, 4.69) is 39.3 Å². The fraction of sp³-hybridized carbons (Fsp3) is 0.368. The van der Waals surface area contributed by atoms with E-state index >= 15 is 0 Å². The van der Waals surface area contributed by atoms with Crippen molar-refractivity contribution in [2.45, 2.75) is 18.4 Å². The molecular weight excluding hydrogens is 332 g/mol. The molecule has 2 aliphatic rings. The lowest BCUT2D eigenvalue weighted by molar-refractivity contribution is 0.219. The van der Waals surface area contributed by atoms with Crippen molar-refractivity contribution in [1.29, 1.82) is 0 Å². The summed E-state index contributed by atoms with van der Waals surface area (Å²) in [7, 11) is 1.71. The molecule has 0 saturated heterocycles. The number of hydrogen-bond acceptors (Lipinski definition) is 6. The first kappa shape index (κ1) is 17.8. The summed E-state index contributed by atoms with van der Waals surface area (Å²) in [5.41, 5.74) is 2.16.